The van der Waals surface area contributed by atoms with E-state index in [-0.39, 0.29) is 5.91 Å². The zero-order chi connectivity index (χ0) is 16.1. The number of hydrogen-bond donors (Lipinski definition) is 2. The maximum absolute atomic E-state index is 12.5. The molecule has 1 amide bonds. The van der Waals surface area contributed by atoms with Crippen LogP contribution in [0.4, 0.5) is 0 Å². The summed E-state index contributed by atoms with van der Waals surface area (Å²) < 4.78 is 7.23. The van der Waals surface area contributed by atoms with E-state index in [0.29, 0.717) is 19.4 Å². The normalized spacial score (nSPS) is 16.9. The molecule has 1 aromatic carbocycles. The summed E-state index contributed by atoms with van der Waals surface area (Å²) in [4.78, 5) is 16.5. The molecule has 0 aliphatic carbocycles. The number of piperidine rings is 1. The second kappa shape index (κ2) is 6.89. The van der Waals surface area contributed by atoms with Gasteiger partial charge in [0.1, 0.15) is 18.3 Å². The van der Waals surface area contributed by atoms with Crippen molar-refractivity contribution in [1.82, 2.24) is 25.4 Å². The standard InChI is InChI=1S/C16H21N5O2/c1-23-16(5-7-17-8-6-16)15(22)19-10-13-3-2-4-14(9-13)21-12-18-11-20-21/h2-4,9,11-12,17H,5-8,10H2,1H3,(H,19,22). The number of methoxy groups -OCH3 is 1. The molecule has 1 aliphatic heterocycles. The lowest BCUT2D eigenvalue weighted by Crippen LogP contribution is -2.53. The molecule has 7 nitrogen and oxygen atoms in total. The molecule has 0 saturated carbocycles. The van der Waals surface area contributed by atoms with Crippen molar-refractivity contribution < 1.29 is 9.53 Å². The smallest absolute Gasteiger partial charge is 0.252 e. The molecule has 0 atom stereocenters. The molecule has 1 aliphatic rings. The Bertz CT molecular complexity index is 650. The minimum atomic E-state index is -0.714. The number of ether oxygens (including phenoxy) is 1. The van der Waals surface area contributed by atoms with Gasteiger partial charge in [-0.3, -0.25) is 4.79 Å². The number of aromatic nitrogens is 3. The molecule has 1 aromatic heterocycles. The summed E-state index contributed by atoms with van der Waals surface area (Å²) in [6.45, 7) is 2.05. The van der Waals surface area contributed by atoms with Gasteiger partial charge < -0.3 is 15.4 Å². The maximum atomic E-state index is 12.5. The second-order valence-electron chi connectivity index (χ2n) is 5.64. The SMILES string of the molecule is COC1(C(=O)NCc2cccc(-n3cncn3)c2)CCNCC1. The Balaban J connectivity index is 1.66. The summed E-state index contributed by atoms with van der Waals surface area (Å²) in [6.07, 6.45) is 4.52. The fraction of sp³-hybridized carbons (Fsp3) is 0.438. The van der Waals surface area contributed by atoms with Gasteiger partial charge >= 0.3 is 0 Å². The van der Waals surface area contributed by atoms with Crippen LogP contribution in [0, 0.1) is 0 Å². The number of hydrogen-bond acceptors (Lipinski definition) is 5. The third-order valence-corrected chi connectivity index (χ3v) is 4.26. The third kappa shape index (κ3) is 3.40. The molecular formula is C16H21N5O2. The van der Waals surface area contributed by atoms with E-state index in [9.17, 15) is 4.79 Å². The predicted molar refractivity (Wildman–Crippen MR) is 85.0 cm³/mol. The lowest BCUT2D eigenvalue weighted by molar-refractivity contribution is -0.146. The first kappa shape index (κ1) is 15.6. The van der Waals surface area contributed by atoms with Crippen LogP contribution in [0.3, 0.4) is 0 Å². The number of nitrogens with zero attached hydrogens (tertiary/aromatic N) is 3. The first-order valence-electron chi connectivity index (χ1n) is 7.72. The van der Waals surface area contributed by atoms with Crippen molar-refractivity contribution in [2.24, 2.45) is 0 Å². The highest BCUT2D eigenvalue weighted by atomic mass is 16.5. The van der Waals surface area contributed by atoms with Crippen molar-refractivity contribution >= 4 is 5.91 Å². The molecule has 0 radical (unpaired) electrons. The highest BCUT2D eigenvalue weighted by molar-refractivity contribution is 5.85. The van der Waals surface area contributed by atoms with E-state index in [1.807, 2.05) is 24.3 Å². The lowest BCUT2D eigenvalue weighted by Gasteiger charge is -2.34. The molecule has 23 heavy (non-hydrogen) atoms. The molecule has 2 heterocycles. The number of amides is 1. The Hall–Kier alpha value is -2.25. The zero-order valence-electron chi connectivity index (χ0n) is 13.2. The molecule has 0 unspecified atom stereocenters. The summed E-state index contributed by atoms with van der Waals surface area (Å²) in [5.74, 6) is -0.0485. The van der Waals surface area contributed by atoms with Gasteiger partial charge in [0.05, 0.1) is 5.69 Å². The minimum absolute atomic E-state index is 0.0485. The molecular weight excluding hydrogens is 294 g/mol. The summed E-state index contributed by atoms with van der Waals surface area (Å²) in [5.41, 5.74) is 1.21. The molecule has 7 heteroatoms. The van der Waals surface area contributed by atoms with Crippen molar-refractivity contribution in [1.29, 1.82) is 0 Å². The Morgan fingerprint density at radius 1 is 1.43 bits per heavy atom. The van der Waals surface area contributed by atoms with Gasteiger partial charge in [0.25, 0.3) is 5.91 Å². The van der Waals surface area contributed by atoms with E-state index >= 15 is 0 Å². The van der Waals surface area contributed by atoms with Crippen LogP contribution >= 0.6 is 0 Å². The summed E-state index contributed by atoms with van der Waals surface area (Å²) in [5, 5.41) is 10.4. The highest BCUT2D eigenvalue weighted by Gasteiger charge is 2.39. The van der Waals surface area contributed by atoms with Gasteiger partial charge in [0, 0.05) is 13.7 Å². The van der Waals surface area contributed by atoms with Crippen LogP contribution in [-0.4, -0.2) is 46.5 Å². The van der Waals surface area contributed by atoms with Crippen molar-refractivity contribution in [2.75, 3.05) is 20.2 Å². The molecule has 3 rings (SSSR count). The monoisotopic (exact) mass is 315 g/mol. The third-order valence-electron chi connectivity index (χ3n) is 4.26. The van der Waals surface area contributed by atoms with E-state index in [4.69, 9.17) is 4.74 Å². The molecule has 122 valence electrons. The number of nitrogens with one attached hydrogen (secondary N) is 2. The highest BCUT2D eigenvalue weighted by Crippen LogP contribution is 2.22. The molecule has 1 saturated heterocycles. The van der Waals surface area contributed by atoms with Crippen molar-refractivity contribution in [3.05, 3.63) is 42.5 Å². The summed E-state index contributed by atoms with van der Waals surface area (Å²) >= 11 is 0. The van der Waals surface area contributed by atoms with Crippen LogP contribution in [-0.2, 0) is 16.1 Å². The summed E-state index contributed by atoms with van der Waals surface area (Å²) in [6, 6.07) is 7.85. The van der Waals surface area contributed by atoms with Crippen LogP contribution < -0.4 is 10.6 Å². The Kier molecular flexibility index (Phi) is 4.68. The van der Waals surface area contributed by atoms with Crippen molar-refractivity contribution in [3.63, 3.8) is 0 Å². The van der Waals surface area contributed by atoms with Crippen LogP contribution in [0.25, 0.3) is 5.69 Å². The molecule has 0 bridgehead atoms. The Labute approximate surface area is 135 Å². The van der Waals surface area contributed by atoms with Gasteiger partial charge in [0.15, 0.2) is 0 Å². The minimum Gasteiger partial charge on any atom is -0.368 e. The van der Waals surface area contributed by atoms with Gasteiger partial charge in [-0.25, -0.2) is 9.67 Å². The zero-order valence-corrected chi connectivity index (χ0v) is 13.2. The average molecular weight is 315 g/mol. The second-order valence-corrected chi connectivity index (χ2v) is 5.64. The number of carbonyl (C=O) groups is 1. The first-order chi connectivity index (χ1) is 11.2. The van der Waals surface area contributed by atoms with Crippen LogP contribution in [0.1, 0.15) is 18.4 Å². The number of carbonyl (C=O) groups excluding carboxylic acids is 1. The maximum Gasteiger partial charge on any atom is 0.252 e. The van der Waals surface area contributed by atoms with Crippen LogP contribution in [0.2, 0.25) is 0 Å². The van der Waals surface area contributed by atoms with Crippen molar-refractivity contribution in [3.8, 4) is 5.69 Å². The molecule has 2 N–H and O–H groups in total. The van der Waals surface area contributed by atoms with Gasteiger partial charge in [-0.1, -0.05) is 12.1 Å². The number of rotatable bonds is 5. The largest absolute Gasteiger partial charge is 0.368 e. The molecule has 0 spiro atoms. The van der Waals surface area contributed by atoms with Crippen LogP contribution in [0.15, 0.2) is 36.9 Å². The van der Waals surface area contributed by atoms with E-state index in [1.54, 1.807) is 18.1 Å². The fourth-order valence-electron chi connectivity index (χ4n) is 2.85. The Morgan fingerprint density at radius 2 is 2.26 bits per heavy atom. The molecule has 1 fully saturated rings. The fourth-order valence-corrected chi connectivity index (χ4v) is 2.85. The van der Waals surface area contributed by atoms with E-state index in [1.165, 1.54) is 6.33 Å². The summed E-state index contributed by atoms with van der Waals surface area (Å²) in [7, 11) is 1.61. The van der Waals surface area contributed by atoms with Gasteiger partial charge in [-0.2, -0.15) is 5.10 Å². The lowest BCUT2D eigenvalue weighted by atomic mass is 9.91. The van der Waals surface area contributed by atoms with Gasteiger partial charge in [-0.05, 0) is 43.6 Å². The Morgan fingerprint density at radius 3 is 2.96 bits per heavy atom. The number of benzene rings is 1. The average Bonchev–Trinajstić information content (AvgIpc) is 3.15. The van der Waals surface area contributed by atoms with Gasteiger partial charge in [0.2, 0.25) is 0 Å². The topological polar surface area (TPSA) is 81.1 Å². The van der Waals surface area contributed by atoms with Gasteiger partial charge in [-0.15, -0.1) is 0 Å². The van der Waals surface area contributed by atoms with Crippen LogP contribution in [0.5, 0.6) is 0 Å². The van der Waals surface area contributed by atoms with E-state index in [2.05, 4.69) is 20.7 Å². The van der Waals surface area contributed by atoms with E-state index in [0.717, 1.165) is 24.3 Å². The van der Waals surface area contributed by atoms with E-state index < -0.39 is 5.60 Å². The predicted octanol–water partition coefficient (Wildman–Crippen LogP) is 0.652. The first-order valence-corrected chi connectivity index (χ1v) is 7.72. The van der Waals surface area contributed by atoms with Crippen molar-refractivity contribution in [2.45, 2.75) is 25.0 Å². The molecule has 2 aromatic rings. The quantitative estimate of drug-likeness (QED) is 0.847.